The zero-order chi connectivity index (χ0) is 15.2. The maximum Gasteiger partial charge on any atom is 0.283 e. The molecule has 1 aliphatic carbocycles. The number of nitro benzene ring substituents is 1. The first-order valence-electron chi connectivity index (χ1n) is 7.74. The summed E-state index contributed by atoms with van der Waals surface area (Å²) in [5, 5.41) is 14.5. The van der Waals surface area contributed by atoms with Crippen LogP contribution in [0.2, 0.25) is 0 Å². The summed E-state index contributed by atoms with van der Waals surface area (Å²) in [6.45, 7) is 2.93. The zero-order valence-corrected chi connectivity index (χ0v) is 14.1. The average molecular weight is 355 g/mol. The molecule has 1 fully saturated rings. The summed E-state index contributed by atoms with van der Waals surface area (Å²) in [6.07, 6.45) is 7.99. The Morgan fingerprint density at radius 1 is 1.33 bits per heavy atom. The van der Waals surface area contributed by atoms with Crippen molar-refractivity contribution in [1.82, 2.24) is 5.32 Å². The van der Waals surface area contributed by atoms with E-state index in [2.05, 4.69) is 28.2 Å². The van der Waals surface area contributed by atoms with Gasteiger partial charge >= 0.3 is 0 Å². The molecule has 4 nitrogen and oxygen atoms in total. The summed E-state index contributed by atoms with van der Waals surface area (Å²) >= 11 is 3.22. The van der Waals surface area contributed by atoms with Crippen LogP contribution in [0.25, 0.3) is 0 Å². The van der Waals surface area contributed by atoms with E-state index < -0.39 is 0 Å². The molecule has 21 heavy (non-hydrogen) atoms. The number of nitro groups is 1. The van der Waals surface area contributed by atoms with Crippen molar-refractivity contribution in [2.45, 2.75) is 58.0 Å². The summed E-state index contributed by atoms with van der Waals surface area (Å²) in [6, 6.07) is 5.80. The van der Waals surface area contributed by atoms with Gasteiger partial charge in [0, 0.05) is 18.7 Å². The van der Waals surface area contributed by atoms with E-state index in [9.17, 15) is 10.1 Å². The van der Waals surface area contributed by atoms with Crippen LogP contribution >= 0.6 is 15.9 Å². The molecular weight excluding hydrogens is 332 g/mol. The highest BCUT2D eigenvalue weighted by Gasteiger charge is 2.19. The minimum Gasteiger partial charge on any atom is -0.310 e. The quantitative estimate of drug-likeness (QED) is 0.469. The molecule has 0 bridgehead atoms. The lowest BCUT2D eigenvalue weighted by molar-refractivity contribution is -0.385. The van der Waals surface area contributed by atoms with Crippen molar-refractivity contribution in [3.8, 4) is 0 Å². The lowest BCUT2D eigenvalue weighted by Gasteiger charge is -2.23. The minimum atomic E-state index is -0.345. The van der Waals surface area contributed by atoms with Crippen LogP contribution in [0.5, 0.6) is 0 Å². The number of halogens is 1. The standard InChI is InChI=1S/C16H23BrN2O2/c1-12(14-6-4-2-3-5-7-14)18-11-13-8-9-15(17)16(10-13)19(20)21/h8-10,12,14,18H,2-7,11H2,1H3/t12-/m0/s1. The van der Waals surface area contributed by atoms with Crippen LogP contribution in [0.3, 0.4) is 0 Å². The van der Waals surface area contributed by atoms with Crippen molar-refractivity contribution < 1.29 is 4.92 Å². The molecule has 1 saturated carbocycles. The lowest BCUT2D eigenvalue weighted by atomic mass is 9.93. The number of hydrogen-bond donors (Lipinski definition) is 1. The fourth-order valence-corrected chi connectivity index (χ4v) is 3.46. The number of hydrogen-bond acceptors (Lipinski definition) is 3. The summed E-state index contributed by atoms with van der Waals surface area (Å²) in [5.41, 5.74) is 1.10. The first-order valence-corrected chi connectivity index (χ1v) is 8.53. The van der Waals surface area contributed by atoms with Crippen LogP contribution in [0.4, 0.5) is 5.69 Å². The molecule has 0 amide bonds. The second-order valence-corrected chi connectivity index (χ2v) is 6.82. The third-order valence-electron chi connectivity index (χ3n) is 4.44. The van der Waals surface area contributed by atoms with Crippen LogP contribution in [0.15, 0.2) is 22.7 Å². The van der Waals surface area contributed by atoms with Crippen LogP contribution in [-0.4, -0.2) is 11.0 Å². The molecule has 1 atom stereocenters. The zero-order valence-electron chi connectivity index (χ0n) is 12.5. The summed E-state index contributed by atoms with van der Waals surface area (Å²) in [7, 11) is 0. The Morgan fingerprint density at radius 3 is 2.62 bits per heavy atom. The van der Waals surface area contributed by atoms with Crippen LogP contribution in [0, 0.1) is 16.0 Å². The first kappa shape index (κ1) is 16.4. The van der Waals surface area contributed by atoms with E-state index >= 15 is 0 Å². The van der Waals surface area contributed by atoms with Crippen molar-refractivity contribution in [3.63, 3.8) is 0 Å². The van der Waals surface area contributed by atoms with Gasteiger partial charge in [0.05, 0.1) is 9.40 Å². The normalized spacial score (nSPS) is 18.2. The second kappa shape index (κ2) is 7.90. The van der Waals surface area contributed by atoms with Gasteiger partial charge in [-0.3, -0.25) is 10.1 Å². The molecule has 2 rings (SSSR count). The van der Waals surface area contributed by atoms with Crippen LogP contribution in [0.1, 0.15) is 51.0 Å². The topological polar surface area (TPSA) is 55.2 Å². The molecule has 1 aromatic rings. The average Bonchev–Trinajstić information content (AvgIpc) is 2.75. The van der Waals surface area contributed by atoms with E-state index in [1.54, 1.807) is 12.1 Å². The van der Waals surface area contributed by atoms with E-state index in [0.29, 0.717) is 17.1 Å². The first-order chi connectivity index (χ1) is 10.1. The van der Waals surface area contributed by atoms with Crippen molar-refractivity contribution >= 4 is 21.6 Å². The van der Waals surface area contributed by atoms with Gasteiger partial charge < -0.3 is 5.32 Å². The highest BCUT2D eigenvalue weighted by atomic mass is 79.9. The molecule has 0 radical (unpaired) electrons. The molecule has 5 heteroatoms. The van der Waals surface area contributed by atoms with Gasteiger partial charge in [-0.1, -0.05) is 31.7 Å². The fourth-order valence-electron chi connectivity index (χ4n) is 3.06. The highest BCUT2D eigenvalue weighted by Crippen LogP contribution is 2.27. The third-order valence-corrected chi connectivity index (χ3v) is 5.11. The monoisotopic (exact) mass is 354 g/mol. The van der Waals surface area contributed by atoms with Gasteiger partial charge in [-0.2, -0.15) is 0 Å². The van der Waals surface area contributed by atoms with Gasteiger partial charge in [0.25, 0.3) is 5.69 Å². The summed E-state index contributed by atoms with van der Waals surface area (Å²) < 4.78 is 0.535. The van der Waals surface area contributed by atoms with E-state index in [0.717, 1.165) is 11.5 Å². The molecule has 1 aliphatic rings. The van der Waals surface area contributed by atoms with E-state index in [1.807, 2.05) is 6.07 Å². The van der Waals surface area contributed by atoms with E-state index in [-0.39, 0.29) is 10.6 Å². The summed E-state index contributed by atoms with van der Waals surface area (Å²) in [4.78, 5) is 10.6. The Kier molecular flexibility index (Phi) is 6.18. The van der Waals surface area contributed by atoms with Crippen molar-refractivity contribution in [2.24, 2.45) is 5.92 Å². The molecular formula is C16H23BrN2O2. The van der Waals surface area contributed by atoms with Gasteiger partial charge in [-0.15, -0.1) is 0 Å². The number of benzene rings is 1. The van der Waals surface area contributed by atoms with Gasteiger partial charge in [0.15, 0.2) is 0 Å². The molecule has 0 spiro atoms. The Labute approximate surface area is 134 Å². The number of nitrogens with one attached hydrogen (secondary N) is 1. The fraction of sp³-hybridized carbons (Fsp3) is 0.625. The third kappa shape index (κ3) is 4.78. The van der Waals surface area contributed by atoms with Crippen molar-refractivity contribution in [2.75, 3.05) is 0 Å². The molecule has 0 heterocycles. The van der Waals surface area contributed by atoms with E-state index in [4.69, 9.17) is 0 Å². The number of rotatable bonds is 5. The Morgan fingerprint density at radius 2 is 2.00 bits per heavy atom. The van der Waals surface area contributed by atoms with Gasteiger partial charge in [0.1, 0.15) is 0 Å². The van der Waals surface area contributed by atoms with Crippen LogP contribution in [-0.2, 0) is 6.54 Å². The predicted octanol–water partition coefficient (Wildman–Crippen LogP) is 4.81. The lowest BCUT2D eigenvalue weighted by Crippen LogP contribution is -2.32. The molecule has 0 unspecified atom stereocenters. The highest BCUT2D eigenvalue weighted by molar-refractivity contribution is 9.10. The minimum absolute atomic E-state index is 0.136. The van der Waals surface area contributed by atoms with Crippen molar-refractivity contribution in [3.05, 3.63) is 38.3 Å². The molecule has 1 N–H and O–H groups in total. The molecule has 1 aromatic carbocycles. The number of nitrogens with zero attached hydrogens (tertiary/aromatic N) is 1. The maximum atomic E-state index is 11.0. The SMILES string of the molecule is C[C@H](NCc1ccc(Br)c([N+](=O)[O-])c1)C1CCCCCC1. The second-order valence-electron chi connectivity index (χ2n) is 5.96. The van der Waals surface area contributed by atoms with E-state index in [1.165, 1.54) is 38.5 Å². The van der Waals surface area contributed by atoms with Crippen molar-refractivity contribution in [1.29, 1.82) is 0 Å². The van der Waals surface area contributed by atoms with Crippen LogP contribution < -0.4 is 5.32 Å². The molecule has 0 aromatic heterocycles. The Bertz CT molecular complexity index is 485. The Hall–Kier alpha value is -0.940. The molecule has 0 saturated heterocycles. The maximum absolute atomic E-state index is 11.0. The van der Waals surface area contributed by atoms with Gasteiger partial charge in [-0.25, -0.2) is 0 Å². The summed E-state index contributed by atoms with van der Waals surface area (Å²) in [5.74, 6) is 0.734. The smallest absolute Gasteiger partial charge is 0.283 e. The Balaban J connectivity index is 1.92. The largest absolute Gasteiger partial charge is 0.310 e. The van der Waals surface area contributed by atoms with Gasteiger partial charge in [0.2, 0.25) is 0 Å². The predicted molar refractivity (Wildman–Crippen MR) is 88.3 cm³/mol. The molecule has 116 valence electrons. The molecule has 0 aliphatic heterocycles. The van der Waals surface area contributed by atoms with Gasteiger partial charge in [-0.05, 0) is 53.2 Å².